The highest BCUT2D eigenvalue weighted by molar-refractivity contribution is 9.10. The molecule has 1 heterocycles. The fraction of sp³-hybridized carbons (Fsp3) is 0.833. The lowest BCUT2D eigenvalue weighted by Crippen LogP contribution is -2.65. The van der Waals surface area contributed by atoms with Crippen molar-refractivity contribution in [1.82, 2.24) is 4.90 Å². The summed E-state index contributed by atoms with van der Waals surface area (Å²) in [7, 11) is 1.95. The second-order valence-electron chi connectivity index (χ2n) is 5.12. The molecule has 0 aromatic heterocycles. The number of fused-ring (bicyclic) bond motifs is 2. The van der Waals surface area contributed by atoms with E-state index in [4.69, 9.17) is 4.74 Å². The molecule has 1 aliphatic heterocycles. The van der Waals surface area contributed by atoms with E-state index >= 15 is 0 Å². The zero-order valence-corrected chi connectivity index (χ0v) is 11.9. The summed E-state index contributed by atoms with van der Waals surface area (Å²) in [5, 5.41) is 0. The van der Waals surface area contributed by atoms with Crippen LogP contribution in [0.4, 0.5) is 0 Å². The number of alkyl halides is 1. The summed E-state index contributed by atoms with van der Waals surface area (Å²) in [5.41, 5.74) is -0.940. The van der Waals surface area contributed by atoms with Crippen LogP contribution < -0.4 is 0 Å². The Bertz CT molecular complexity index is 360. The van der Waals surface area contributed by atoms with E-state index < -0.39 is 9.74 Å². The number of ketones is 1. The number of carbonyl (C=O) groups is 2. The maximum absolute atomic E-state index is 12.5. The lowest BCUT2D eigenvalue weighted by molar-refractivity contribution is -0.168. The van der Waals surface area contributed by atoms with E-state index in [1.165, 1.54) is 0 Å². The Labute approximate surface area is 110 Å². The maximum atomic E-state index is 12.5. The second-order valence-corrected chi connectivity index (χ2v) is 6.64. The number of likely N-dealkylation sites (tertiary alicyclic amines) is 1. The number of ether oxygens (including phenoxy) is 1. The summed E-state index contributed by atoms with van der Waals surface area (Å²) in [6.45, 7) is 3.26. The minimum atomic E-state index is -0.940. The Balaban J connectivity index is 2.36. The molecule has 2 fully saturated rings. The first kappa shape index (κ1) is 13.0. The van der Waals surface area contributed by atoms with Crippen LogP contribution in [0.2, 0.25) is 0 Å². The molecule has 1 saturated carbocycles. The second kappa shape index (κ2) is 4.35. The van der Waals surface area contributed by atoms with Gasteiger partial charge in [-0.1, -0.05) is 15.9 Å². The van der Waals surface area contributed by atoms with Crippen LogP contribution in [0.15, 0.2) is 0 Å². The smallest absolute Gasteiger partial charge is 0.321 e. The molecule has 5 heteroatoms. The van der Waals surface area contributed by atoms with E-state index in [0.29, 0.717) is 26.1 Å². The summed E-state index contributed by atoms with van der Waals surface area (Å²) < 4.78 is 4.56. The normalized spacial score (nSPS) is 37.9. The number of hydrogen-bond donors (Lipinski definition) is 0. The van der Waals surface area contributed by atoms with Gasteiger partial charge in [0.05, 0.1) is 10.9 Å². The van der Waals surface area contributed by atoms with Gasteiger partial charge in [-0.2, -0.15) is 0 Å². The first-order valence-electron chi connectivity index (χ1n) is 6.04. The molecule has 1 saturated heterocycles. The van der Waals surface area contributed by atoms with E-state index in [1.807, 2.05) is 11.9 Å². The number of esters is 1. The van der Waals surface area contributed by atoms with Gasteiger partial charge in [0.1, 0.15) is 5.41 Å². The molecular weight excluding hydrogens is 286 g/mol. The number of carbonyl (C=O) groups excluding carboxylic acids is 2. The Kier molecular flexibility index (Phi) is 3.34. The Morgan fingerprint density at radius 2 is 2.18 bits per heavy atom. The van der Waals surface area contributed by atoms with Crippen molar-refractivity contribution in [3.05, 3.63) is 0 Å². The molecule has 0 aromatic rings. The quantitative estimate of drug-likeness (QED) is 0.439. The van der Waals surface area contributed by atoms with Gasteiger partial charge in [-0.3, -0.25) is 9.59 Å². The van der Waals surface area contributed by atoms with Crippen molar-refractivity contribution in [3.8, 4) is 0 Å². The van der Waals surface area contributed by atoms with Gasteiger partial charge < -0.3 is 9.64 Å². The number of hydrogen-bond acceptors (Lipinski definition) is 4. The van der Waals surface area contributed by atoms with Crippen molar-refractivity contribution in [3.63, 3.8) is 0 Å². The molecule has 0 radical (unpaired) electrons. The van der Waals surface area contributed by atoms with Gasteiger partial charge in [0.2, 0.25) is 0 Å². The van der Waals surface area contributed by atoms with Crippen LogP contribution in [-0.4, -0.2) is 47.7 Å². The average molecular weight is 304 g/mol. The van der Waals surface area contributed by atoms with E-state index in [9.17, 15) is 9.59 Å². The van der Waals surface area contributed by atoms with Crippen molar-refractivity contribution in [2.75, 3.05) is 26.7 Å². The molecule has 2 aliphatic rings. The summed E-state index contributed by atoms with van der Waals surface area (Å²) in [4.78, 5) is 26.7. The third-order valence-corrected chi connectivity index (χ3v) is 4.75. The van der Waals surface area contributed by atoms with Crippen LogP contribution in [0.25, 0.3) is 0 Å². The fourth-order valence-corrected chi connectivity index (χ4v) is 4.19. The molecule has 2 bridgehead atoms. The Hall–Kier alpha value is -0.420. The molecule has 2 atom stereocenters. The lowest BCUT2D eigenvalue weighted by atomic mass is 9.65. The predicted molar refractivity (Wildman–Crippen MR) is 67.1 cm³/mol. The van der Waals surface area contributed by atoms with Gasteiger partial charge in [-0.05, 0) is 33.2 Å². The monoisotopic (exact) mass is 303 g/mol. The van der Waals surface area contributed by atoms with E-state index in [-0.39, 0.29) is 11.8 Å². The minimum Gasteiger partial charge on any atom is -0.465 e. The first-order chi connectivity index (χ1) is 7.94. The average Bonchev–Trinajstić information content (AvgIpc) is 2.22. The van der Waals surface area contributed by atoms with Gasteiger partial charge in [0.25, 0.3) is 0 Å². The third-order valence-electron chi connectivity index (χ3n) is 3.74. The Morgan fingerprint density at radius 3 is 2.82 bits per heavy atom. The summed E-state index contributed by atoms with van der Waals surface area (Å²) in [6.07, 6.45) is 2.31. The van der Waals surface area contributed by atoms with Crippen LogP contribution in [0.3, 0.4) is 0 Å². The molecule has 0 N–H and O–H groups in total. The van der Waals surface area contributed by atoms with E-state index in [0.717, 1.165) is 12.8 Å². The maximum Gasteiger partial charge on any atom is 0.321 e. The standard InChI is InChI=1S/C12H18BrNO3/c1-3-17-10(16)11-5-4-6-12(13,9(11)15)8-14(2)7-11/h3-8H2,1-2H3/t11-,12+/m0/s1. The molecule has 96 valence electrons. The van der Waals surface area contributed by atoms with Crippen molar-refractivity contribution >= 4 is 27.7 Å². The highest BCUT2D eigenvalue weighted by Crippen LogP contribution is 2.47. The van der Waals surface area contributed by atoms with Crippen LogP contribution >= 0.6 is 15.9 Å². The van der Waals surface area contributed by atoms with Gasteiger partial charge >= 0.3 is 5.97 Å². The number of Topliss-reactive ketones (excluding diaryl/α,β-unsaturated/α-hetero) is 1. The molecule has 0 spiro atoms. The van der Waals surface area contributed by atoms with Crippen LogP contribution in [-0.2, 0) is 14.3 Å². The van der Waals surface area contributed by atoms with E-state index in [2.05, 4.69) is 15.9 Å². The van der Waals surface area contributed by atoms with Crippen LogP contribution in [0, 0.1) is 5.41 Å². The van der Waals surface area contributed by atoms with Gasteiger partial charge in [-0.25, -0.2) is 0 Å². The molecule has 17 heavy (non-hydrogen) atoms. The zero-order chi connectivity index (χ0) is 12.7. The minimum absolute atomic E-state index is 0.0211. The van der Waals surface area contributed by atoms with Crippen molar-refractivity contribution < 1.29 is 14.3 Å². The molecule has 0 amide bonds. The number of nitrogens with zero attached hydrogens (tertiary/aromatic N) is 1. The number of piperidine rings is 1. The first-order valence-corrected chi connectivity index (χ1v) is 6.83. The van der Waals surface area contributed by atoms with Crippen molar-refractivity contribution in [2.24, 2.45) is 5.41 Å². The Morgan fingerprint density at radius 1 is 1.47 bits per heavy atom. The molecular formula is C12H18BrNO3. The van der Waals surface area contributed by atoms with Crippen molar-refractivity contribution in [2.45, 2.75) is 30.5 Å². The number of rotatable bonds is 2. The van der Waals surface area contributed by atoms with Crippen LogP contribution in [0.5, 0.6) is 0 Å². The molecule has 1 aliphatic carbocycles. The van der Waals surface area contributed by atoms with Crippen molar-refractivity contribution in [1.29, 1.82) is 0 Å². The van der Waals surface area contributed by atoms with Crippen LogP contribution in [0.1, 0.15) is 26.2 Å². The number of halogens is 1. The highest BCUT2D eigenvalue weighted by atomic mass is 79.9. The predicted octanol–water partition coefficient (Wildman–Crippen LogP) is 1.37. The van der Waals surface area contributed by atoms with Gasteiger partial charge in [-0.15, -0.1) is 0 Å². The van der Waals surface area contributed by atoms with Gasteiger partial charge in [0, 0.05) is 13.1 Å². The molecule has 2 rings (SSSR count). The molecule has 4 nitrogen and oxygen atoms in total. The SMILES string of the molecule is CCOC(=O)[C@@]12CCC[C@@](Br)(CN(C)C1)C2=O. The summed E-state index contributed by atoms with van der Waals surface area (Å²) in [6, 6.07) is 0. The molecule has 0 unspecified atom stereocenters. The third kappa shape index (κ3) is 1.93. The van der Waals surface area contributed by atoms with E-state index in [1.54, 1.807) is 6.92 Å². The largest absolute Gasteiger partial charge is 0.465 e. The van der Waals surface area contributed by atoms with Gasteiger partial charge in [0.15, 0.2) is 5.78 Å². The summed E-state index contributed by atoms with van der Waals surface area (Å²) in [5.74, 6) is -0.326. The fourth-order valence-electron chi connectivity index (χ4n) is 3.10. The lowest BCUT2D eigenvalue weighted by Gasteiger charge is -2.49. The molecule has 0 aromatic carbocycles. The zero-order valence-electron chi connectivity index (χ0n) is 10.3. The highest BCUT2D eigenvalue weighted by Gasteiger charge is 2.60. The topological polar surface area (TPSA) is 46.6 Å². The summed E-state index contributed by atoms with van der Waals surface area (Å²) >= 11 is 3.55.